The fourth-order valence-electron chi connectivity index (χ4n) is 0.701. The lowest BCUT2D eigenvalue weighted by Crippen LogP contribution is -2.06. The Morgan fingerprint density at radius 1 is 1.57 bits per heavy atom. The minimum absolute atomic E-state index is 0.236. The predicted octanol–water partition coefficient (Wildman–Crippen LogP) is 1.74. The molecule has 6 heteroatoms. The normalized spacial score (nSPS) is 9.86. The zero-order chi connectivity index (χ0) is 10.4. The highest BCUT2D eigenvalue weighted by atomic mass is 127. The van der Waals surface area contributed by atoms with Gasteiger partial charge in [-0.1, -0.05) is 11.8 Å². The van der Waals surface area contributed by atoms with Gasteiger partial charge >= 0.3 is 5.97 Å². The number of thioether (sulfide) groups is 1. The molecule has 0 aromatic carbocycles. The second kappa shape index (κ2) is 6.18. The van der Waals surface area contributed by atoms with Crippen molar-refractivity contribution < 1.29 is 9.53 Å². The lowest BCUT2D eigenvalue weighted by molar-refractivity contribution is -0.139. The van der Waals surface area contributed by atoms with E-state index in [9.17, 15) is 4.79 Å². The van der Waals surface area contributed by atoms with Gasteiger partial charge in [-0.15, -0.1) is 0 Å². The summed E-state index contributed by atoms with van der Waals surface area (Å²) in [6.45, 7) is 2.19. The van der Waals surface area contributed by atoms with Crippen LogP contribution in [0.2, 0.25) is 0 Å². The van der Waals surface area contributed by atoms with E-state index in [0.29, 0.717) is 11.8 Å². The number of halogens is 1. The Kier molecular flexibility index (Phi) is 5.16. The van der Waals surface area contributed by atoms with Gasteiger partial charge in [-0.2, -0.15) is 0 Å². The predicted molar refractivity (Wildman–Crippen MR) is 62.1 cm³/mol. The fourth-order valence-corrected chi connectivity index (χ4v) is 1.56. The van der Waals surface area contributed by atoms with Gasteiger partial charge < -0.3 is 4.74 Å². The Bertz CT molecular complexity index is 305. The topological polar surface area (TPSA) is 52.1 Å². The summed E-state index contributed by atoms with van der Waals surface area (Å²) in [6.07, 6.45) is 3.42. The molecule has 0 bridgehead atoms. The summed E-state index contributed by atoms with van der Waals surface area (Å²) in [5.41, 5.74) is 0. The van der Waals surface area contributed by atoms with Crippen molar-refractivity contribution in [2.45, 2.75) is 12.1 Å². The fraction of sp³-hybridized carbons (Fsp3) is 0.375. The van der Waals surface area contributed by atoms with Crippen LogP contribution < -0.4 is 0 Å². The molecule has 1 heterocycles. The number of aromatic nitrogens is 2. The molecule has 1 aromatic rings. The number of ether oxygens (including phenoxy) is 1. The van der Waals surface area contributed by atoms with Crippen molar-refractivity contribution >= 4 is 40.3 Å². The molecule has 0 aliphatic carbocycles. The van der Waals surface area contributed by atoms with Crippen LogP contribution in [0.3, 0.4) is 0 Å². The quantitative estimate of drug-likeness (QED) is 0.365. The molecule has 76 valence electrons. The first-order valence-corrected chi connectivity index (χ1v) is 6.04. The number of carbonyl (C=O) groups is 1. The van der Waals surface area contributed by atoms with Gasteiger partial charge in [0.15, 0.2) is 5.16 Å². The highest BCUT2D eigenvalue weighted by Crippen LogP contribution is 2.12. The number of hydrogen-bond donors (Lipinski definition) is 0. The first-order valence-electron chi connectivity index (χ1n) is 3.98. The highest BCUT2D eigenvalue weighted by Gasteiger charge is 2.04. The summed E-state index contributed by atoms with van der Waals surface area (Å²) in [5.74, 6) is 0.0219. The van der Waals surface area contributed by atoms with Gasteiger partial charge in [-0.05, 0) is 29.5 Å². The van der Waals surface area contributed by atoms with E-state index in [4.69, 9.17) is 4.74 Å². The second-order valence-corrected chi connectivity index (χ2v) is 4.47. The van der Waals surface area contributed by atoms with Crippen molar-refractivity contribution in [2.75, 3.05) is 12.4 Å². The van der Waals surface area contributed by atoms with E-state index in [0.717, 1.165) is 3.57 Å². The summed E-state index contributed by atoms with van der Waals surface area (Å²) in [5, 5.41) is 0.596. The molecule has 4 nitrogen and oxygen atoms in total. The molecule has 0 N–H and O–H groups in total. The molecule has 0 amide bonds. The third-order valence-corrected chi connectivity index (χ3v) is 2.63. The Morgan fingerprint density at radius 2 is 2.21 bits per heavy atom. The van der Waals surface area contributed by atoms with Gasteiger partial charge in [0.25, 0.3) is 0 Å². The first kappa shape index (κ1) is 11.7. The van der Waals surface area contributed by atoms with Crippen LogP contribution in [0, 0.1) is 3.57 Å². The zero-order valence-electron chi connectivity index (χ0n) is 7.57. The van der Waals surface area contributed by atoms with Crippen LogP contribution in [0.25, 0.3) is 0 Å². The summed E-state index contributed by atoms with van der Waals surface area (Å²) in [7, 11) is 0. The van der Waals surface area contributed by atoms with Crippen molar-refractivity contribution in [2.24, 2.45) is 0 Å². The van der Waals surface area contributed by atoms with Gasteiger partial charge in [0.2, 0.25) is 0 Å². The van der Waals surface area contributed by atoms with Crippen LogP contribution in [-0.2, 0) is 9.53 Å². The third kappa shape index (κ3) is 4.23. The minimum atomic E-state index is -0.236. The van der Waals surface area contributed by atoms with E-state index < -0.39 is 0 Å². The molecule has 0 unspecified atom stereocenters. The van der Waals surface area contributed by atoms with Crippen LogP contribution in [-0.4, -0.2) is 28.3 Å². The van der Waals surface area contributed by atoms with Gasteiger partial charge in [-0.3, -0.25) is 4.79 Å². The molecule has 1 rings (SSSR count). The molecule has 0 radical (unpaired) electrons. The standard InChI is InChI=1S/C8H9IN2O2S/c1-2-13-7(12)5-14-8-10-3-6(9)4-11-8/h3-4H,2,5H2,1H3. The van der Waals surface area contributed by atoms with Crippen LogP contribution in [0.4, 0.5) is 0 Å². The van der Waals surface area contributed by atoms with E-state index in [-0.39, 0.29) is 11.7 Å². The maximum Gasteiger partial charge on any atom is 0.316 e. The van der Waals surface area contributed by atoms with Crippen LogP contribution in [0.15, 0.2) is 17.6 Å². The molecule has 0 saturated heterocycles. The average Bonchev–Trinajstić information content (AvgIpc) is 2.17. The van der Waals surface area contributed by atoms with Gasteiger partial charge in [-0.25, -0.2) is 9.97 Å². The molecule has 0 saturated carbocycles. The highest BCUT2D eigenvalue weighted by molar-refractivity contribution is 14.1. The molecule has 1 aromatic heterocycles. The van der Waals surface area contributed by atoms with Gasteiger partial charge in [0.1, 0.15) is 0 Å². The SMILES string of the molecule is CCOC(=O)CSc1ncc(I)cn1. The lowest BCUT2D eigenvalue weighted by atomic mass is 10.7. The lowest BCUT2D eigenvalue weighted by Gasteiger charge is -2.00. The average molecular weight is 324 g/mol. The van der Waals surface area contributed by atoms with Crippen molar-refractivity contribution in [3.8, 4) is 0 Å². The third-order valence-electron chi connectivity index (χ3n) is 1.22. The van der Waals surface area contributed by atoms with Crippen molar-refractivity contribution in [1.82, 2.24) is 9.97 Å². The van der Waals surface area contributed by atoms with Crippen LogP contribution in [0.1, 0.15) is 6.92 Å². The summed E-state index contributed by atoms with van der Waals surface area (Å²) >= 11 is 3.40. The van der Waals surface area contributed by atoms with Gasteiger partial charge in [0.05, 0.1) is 12.4 Å². The van der Waals surface area contributed by atoms with E-state index in [1.54, 1.807) is 19.3 Å². The minimum Gasteiger partial charge on any atom is -0.465 e. The Labute approximate surface area is 100.0 Å². The molecule has 0 aliphatic heterocycles. The largest absolute Gasteiger partial charge is 0.465 e. The first-order chi connectivity index (χ1) is 6.72. The Hall–Kier alpha value is -0.370. The van der Waals surface area contributed by atoms with Crippen molar-refractivity contribution in [3.63, 3.8) is 0 Å². The van der Waals surface area contributed by atoms with E-state index in [1.807, 2.05) is 0 Å². The smallest absolute Gasteiger partial charge is 0.316 e. The van der Waals surface area contributed by atoms with Gasteiger partial charge in [0, 0.05) is 16.0 Å². The molecule has 0 atom stereocenters. The summed E-state index contributed by atoms with van der Waals surface area (Å²) in [4.78, 5) is 19.1. The Balaban J connectivity index is 2.38. The molecule has 14 heavy (non-hydrogen) atoms. The molecular formula is C8H9IN2O2S. The van der Waals surface area contributed by atoms with Crippen LogP contribution in [0.5, 0.6) is 0 Å². The zero-order valence-corrected chi connectivity index (χ0v) is 10.5. The number of carbonyl (C=O) groups excluding carboxylic acids is 1. The summed E-state index contributed by atoms with van der Waals surface area (Å²) < 4.78 is 5.75. The van der Waals surface area contributed by atoms with Crippen molar-refractivity contribution in [1.29, 1.82) is 0 Å². The molecule has 0 aliphatic rings. The van der Waals surface area contributed by atoms with E-state index in [1.165, 1.54) is 11.8 Å². The van der Waals surface area contributed by atoms with E-state index >= 15 is 0 Å². The number of rotatable bonds is 4. The molecular weight excluding hydrogens is 315 g/mol. The number of hydrogen-bond acceptors (Lipinski definition) is 5. The second-order valence-electron chi connectivity index (χ2n) is 2.28. The Morgan fingerprint density at radius 3 is 2.79 bits per heavy atom. The van der Waals surface area contributed by atoms with E-state index in [2.05, 4.69) is 32.6 Å². The number of esters is 1. The maximum absolute atomic E-state index is 11.0. The monoisotopic (exact) mass is 324 g/mol. The number of nitrogens with zero attached hydrogens (tertiary/aromatic N) is 2. The summed E-state index contributed by atoms with van der Waals surface area (Å²) in [6, 6.07) is 0. The molecule has 0 spiro atoms. The maximum atomic E-state index is 11.0. The molecule has 0 fully saturated rings. The van der Waals surface area contributed by atoms with Crippen molar-refractivity contribution in [3.05, 3.63) is 16.0 Å². The van der Waals surface area contributed by atoms with Crippen LogP contribution >= 0.6 is 34.4 Å².